The van der Waals surface area contributed by atoms with Crippen molar-refractivity contribution in [3.8, 4) is 11.5 Å². The van der Waals surface area contributed by atoms with E-state index in [2.05, 4.69) is 15.9 Å². The molecule has 1 aromatic rings. The van der Waals surface area contributed by atoms with Gasteiger partial charge in [-0.3, -0.25) is 0 Å². The molecule has 0 fully saturated rings. The minimum atomic E-state index is -0.0769. The second kappa shape index (κ2) is 4.66. The number of benzene rings is 1. The van der Waals surface area contributed by atoms with Gasteiger partial charge in [-0.25, -0.2) is 0 Å². The molecule has 1 atom stereocenters. The van der Waals surface area contributed by atoms with Gasteiger partial charge in [0.05, 0.1) is 18.7 Å². The molecule has 0 heterocycles. The molecule has 4 heteroatoms. The van der Waals surface area contributed by atoms with Crippen molar-refractivity contribution in [2.24, 2.45) is 5.73 Å². The highest BCUT2D eigenvalue weighted by Gasteiger charge is 2.12. The summed E-state index contributed by atoms with van der Waals surface area (Å²) in [5.74, 6) is 1.53. The minimum Gasteiger partial charge on any atom is -0.496 e. The van der Waals surface area contributed by atoms with Crippen LogP contribution in [-0.4, -0.2) is 14.2 Å². The van der Waals surface area contributed by atoms with Crippen LogP contribution in [0, 0.1) is 0 Å². The van der Waals surface area contributed by atoms with Crippen molar-refractivity contribution in [2.75, 3.05) is 14.2 Å². The minimum absolute atomic E-state index is 0.0769. The fraction of sp³-hybridized carbons (Fsp3) is 0.400. The van der Waals surface area contributed by atoms with Crippen LogP contribution in [-0.2, 0) is 0 Å². The first-order valence-electron chi connectivity index (χ1n) is 4.27. The van der Waals surface area contributed by atoms with Gasteiger partial charge in [-0.2, -0.15) is 0 Å². The van der Waals surface area contributed by atoms with Gasteiger partial charge in [0.2, 0.25) is 0 Å². The lowest BCUT2D eigenvalue weighted by atomic mass is 10.1. The SMILES string of the molecule is COc1cc([C@H](C)N)c(OC)cc1Br. The molecule has 0 saturated carbocycles. The largest absolute Gasteiger partial charge is 0.496 e. The standard InChI is InChI=1S/C10H14BrNO2/c1-6(12)7-4-10(14-3)8(11)5-9(7)13-2/h4-6H,12H2,1-3H3/t6-/m0/s1. The Morgan fingerprint density at radius 1 is 1.21 bits per heavy atom. The van der Waals surface area contributed by atoms with Crippen LogP contribution < -0.4 is 15.2 Å². The van der Waals surface area contributed by atoms with Crippen molar-refractivity contribution in [3.05, 3.63) is 22.2 Å². The summed E-state index contributed by atoms with van der Waals surface area (Å²) < 4.78 is 11.3. The third-order valence-corrected chi connectivity index (χ3v) is 2.61. The Hall–Kier alpha value is -0.740. The van der Waals surface area contributed by atoms with E-state index in [1.165, 1.54) is 0 Å². The number of halogens is 1. The average Bonchev–Trinajstić information content (AvgIpc) is 2.16. The third-order valence-electron chi connectivity index (χ3n) is 1.99. The highest BCUT2D eigenvalue weighted by Crippen LogP contribution is 2.34. The first-order valence-corrected chi connectivity index (χ1v) is 5.06. The molecule has 78 valence electrons. The maximum Gasteiger partial charge on any atom is 0.133 e. The normalized spacial score (nSPS) is 12.4. The van der Waals surface area contributed by atoms with Gasteiger partial charge < -0.3 is 15.2 Å². The molecular formula is C10H14BrNO2. The Kier molecular flexibility index (Phi) is 3.77. The van der Waals surface area contributed by atoms with E-state index < -0.39 is 0 Å². The molecule has 0 amide bonds. The Morgan fingerprint density at radius 3 is 2.21 bits per heavy atom. The van der Waals surface area contributed by atoms with Crippen LogP contribution in [0.25, 0.3) is 0 Å². The molecule has 0 aromatic heterocycles. The van der Waals surface area contributed by atoms with Gasteiger partial charge in [0.15, 0.2) is 0 Å². The van der Waals surface area contributed by atoms with Gasteiger partial charge in [-0.05, 0) is 35.0 Å². The molecule has 0 bridgehead atoms. The maximum atomic E-state index is 5.81. The molecule has 0 spiro atoms. The highest BCUT2D eigenvalue weighted by atomic mass is 79.9. The van der Waals surface area contributed by atoms with Gasteiger partial charge >= 0.3 is 0 Å². The fourth-order valence-electron chi connectivity index (χ4n) is 1.24. The van der Waals surface area contributed by atoms with E-state index in [0.717, 1.165) is 21.5 Å². The quantitative estimate of drug-likeness (QED) is 0.908. The lowest BCUT2D eigenvalue weighted by molar-refractivity contribution is 0.394. The van der Waals surface area contributed by atoms with Crippen LogP contribution in [0.15, 0.2) is 16.6 Å². The Bertz CT molecular complexity index is 326. The molecule has 1 aromatic carbocycles. The van der Waals surface area contributed by atoms with Crippen LogP contribution in [0.1, 0.15) is 18.5 Å². The average molecular weight is 260 g/mol. The first-order chi connectivity index (χ1) is 6.60. The predicted octanol–water partition coefficient (Wildman–Crippen LogP) is 2.49. The topological polar surface area (TPSA) is 44.5 Å². The van der Waals surface area contributed by atoms with Crippen molar-refractivity contribution in [1.29, 1.82) is 0 Å². The van der Waals surface area contributed by atoms with Crippen molar-refractivity contribution in [3.63, 3.8) is 0 Å². The number of rotatable bonds is 3. The van der Waals surface area contributed by atoms with Gasteiger partial charge in [0.1, 0.15) is 11.5 Å². The van der Waals surface area contributed by atoms with E-state index in [0.29, 0.717) is 0 Å². The summed E-state index contributed by atoms with van der Waals surface area (Å²) >= 11 is 3.39. The zero-order chi connectivity index (χ0) is 10.7. The molecule has 0 aliphatic carbocycles. The van der Waals surface area contributed by atoms with Crippen LogP contribution in [0.4, 0.5) is 0 Å². The Labute approximate surface area is 92.3 Å². The summed E-state index contributed by atoms with van der Waals surface area (Å²) in [4.78, 5) is 0. The maximum absolute atomic E-state index is 5.81. The number of hydrogen-bond acceptors (Lipinski definition) is 3. The predicted molar refractivity (Wildman–Crippen MR) is 59.8 cm³/mol. The zero-order valence-electron chi connectivity index (χ0n) is 8.50. The molecule has 0 unspecified atom stereocenters. The van der Waals surface area contributed by atoms with Crippen molar-refractivity contribution in [1.82, 2.24) is 0 Å². The molecule has 3 nitrogen and oxygen atoms in total. The molecule has 1 rings (SSSR count). The molecule has 2 N–H and O–H groups in total. The van der Waals surface area contributed by atoms with Gasteiger partial charge in [0, 0.05) is 11.6 Å². The summed E-state index contributed by atoms with van der Waals surface area (Å²) in [5, 5.41) is 0. The highest BCUT2D eigenvalue weighted by molar-refractivity contribution is 9.10. The van der Waals surface area contributed by atoms with E-state index in [1.54, 1.807) is 14.2 Å². The van der Waals surface area contributed by atoms with Crippen LogP contribution >= 0.6 is 15.9 Å². The number of ether oxygens (including phenoxy) is 2. The van der Waals surface area contributed by atoms with Crippen molar-refractivity contribution >= 4 is 15.9 Å². The molecule has 0 radical (unpaired) electrons. The molecule has 0 aliphatic rings. The summed E-state index contributed by atoms with van der Waals surface area (Å²) in [6.45, 7) is 1.91. The Morgan fingerprint density at radius 2 is 1.79 bits per heavy atom. The molecule has 0 aliphatic heterocycles. The van der Waals surface area contributed by atoms with Gasteiger partial charge in [-0.15, -0.1) is 0 Å². The first kappa shape index (κ1) is 11.3. The zero-order valence-corrected chi connectivity index (χ0v) is 10.1. The monoisotopic (exact) mass is 259 g/mol. The summed E-state index contributed by atoms with van der Waals surface area (Å²) in [5.41, 5.74) is 6.75. The van der Waals surface area contributed by atoms with Crippen molar-refractivity contribution in [2.45, 2.75) is 13.0 Å². The number of methoxy groups -OCH3 is 2. The molecule has 0 saturated heterocycles. The van der Waals surface area contributed by atoms with E-state index in [4.69, 9.17) is 15.2 Å². The second-order valence-electron chi connectivity index (χ2n) is 3.02. The lowest BCUT2D eigenvalue weighted by Crippen LogP contribution is -2.07. The summed E-state index contributed by atoms with van der Waals surface area (Å²) in [6.07, 6.45) is 0. The lowest BCUT2D eigenvalue weighted by Gasteiger charge is -2.14. The van der Waals surface area contributed by atoms with E-state index in [-0.39, 0.29) is 6.04 Å². The third kappa shape index (κ3) is 2.19. The Balaban J connectivity index is 3.25. The number of hydrogen-bond donors (Lipinski definition) is 1. The van der Waals surface area contributed by atoms with Crippen LogP contribution in [0.5, 0.6) is 11.5 Å². The van der Waals surface area contributed by atoms with Gasteiger partial charge in [-0.1, -0.05) is 0 Å². The number of nitrogens with two attached hydrogens (primary N) is 1. The molecular weight excluding hydrogens is 246 g/mol. The molecule has 14 heavy (non-hydrogen) atoms. The smallest absolute Gasteiger partial charge is 0.133 e. The second-order valence-corrected chi connectivity index (χ2v) is 3.87. The van der Waals surface area contributed by atoms with E-state index >= 15 is 0 Å². The van der Waals surface area contributed by atoms with E-state index in [9.17, 15) is 0 Å². The fourth-order valence-corrected chi connectivity index (χ4v) is 1.72. The van der Waals surface area contributed by atoms with E-state index in [1.807, 2.05) is 19.1 Å². The van der Waals surface area contributed by atoms with Gasteiger partial charge in [0.25, 0.3) is 0 Å². The summed E-state index contributed by atoms with van der Waals surface area (Å²) in [6, 6.07) is 3.66. The van der Waals surface area contributed by atoms with Crippen LogP contribution in [0.3, 0.4) is 0 Å². The summed E-state index contributed by atoms with van der Waals surface area (Å²) in [7, 11) is 3.25. The van der Waals surface area contributed by atoms with Crippen LogP contribution in [0.2, 0.25) is 0 Å². The van der Waals surface area contributed by atoms with Crippen molar-refractivity contribution < 1.29 is 9.47 Å².